The molecule has 0 aliphatic rings. The van der Waals surface area contributed by atoms with Gasteiger partial charge >= 0.3 is 5.97 Å². The summed E-state index contributed by atoms with van der Waals surface area (Å²) in [5.41, 5.74) is 0.854. The third-order valence-corrected chi connectivity index (χ3v) is 2.09. The molecule has 0 fully saturated rings. The molecule has 0 radical (unpaired) electrons. The van der Waals surface area contributed by atoms with Gasteiger partial charge in [-0.3, -0.25) is 0 Å². The smallest absolute Gasteiger partial charge is 0.339 e. The predicted molar refractivity (Wildman–Crippen MR) is 61.2 cm³/mol. The van der Waals surface area contributed by atoms with Crippen molar-refractivity contribution < 1.29 is 19.4 Å². The van der Waals surface area contributed by atoms with Gasteiger partial charge in [-0.05, 0) is 24.6 Å². The Morgan fingerprint density at radius 3 is 2.44 bits per heavy atom. The molecule has 0 aliphatic heterocycles. The fraction of sp³-hybridized carbons (Fsp3) is 0.250. The van der Waals surface area contributed by atoms with Crippen molar-refractivity contribution in [3.05, 3.63) is 29.3 Å². The van der Waals surface area contributed by atoms with Crippen LogP contribution in [0.2, 0.25) is 0 Å². The lowest BCUT2D eigenvalue weighted by molar-refractivity contribution is 0.0692. The number of allylic oxidation sites excluding steroid dienone is 1. The number of carboxylic acids is 1. The zero-order valence-corrected chi connectivity index (χ0v) is 9.48. The van der Waals surface area contributed by atoms with Gasteiger partial charge in [-0.25, -0.2) is 4.79 Å². The van der Waals surface area contributed by atoms with Crippen molar-refractivity contribution in [2.45, 2.75) is 6.92 Å². The summed E-state index contributed by atoms with van der Waals surface area (Å²) in [5.74, 6) is -0.389. The summed E-state index contributed by atoms with van der Waals surface area (Å²) in [6, 6.07) is 3.27. The second-order valence-corrected chi connectivity index (χ2v) is 3.11. The monoisotopic (exact) mass is 222 g/mol. The van der Waals surface area contributed by atoms with Gasteiger partial charge in [0.1, 0.15) is 5.56 Å². The Balaban J connectivity index is 3.43. The van der Waals surface area contributed by atoms with Crippen LogP contribution in [0.25, 0.3) is 6.08 Å². The highest BCUT2D eigenvalue weighted by Gasteiger charge is 2.16. The van der Waals surface area contributed by atoms with E-state index in [9.17, 15) is 4.79 Å². The van der Waals surface area contributed by atoms with E-state index in [2.05, 4.69) is 0 Å². The maximum absolute atomic E-state index is 11.0. The zero-order chi connectivity index (χ0) is 12.1. The number of carbonyl (C=O) groups is 1. The van der Waals surface area contributed by atoms with E-state index in [0.717, 1.165) is 5.56 Å². The van der Waals surface area contributed by atoms with Gasteiger partial charge in [0.25, 0.3) is 0 Å². The molecule has 0 aliphatic carbocycles. The minimum absolute atomic E-state index is 0.0925. The molecule has 0 spiro atoms. The number of carboxylic acid groups (broad SMARTS) is 1. The maximum atomic E-state index is 11.0. The van der Waals surface area contributed by atoms with E-state index < -0.39 is 5.97 Å². The Morgan fingerprint density at radius 2 is 2.00 bits per heavy atom. The third kappa shape index (κ3) is 2.34. The second-order valence-electron chi connectivity index (χ2n) is 3.11. The van der Waals surface area contributed by atoms with Crippen molar-refractivity contribution in [2.24, 2.45) is 0 Å². The van der Waals surface area contributed by atoms with Gasteiger partial charge in [-0.2, -0.15) is 0 Å². The number of rotatable bonds is 4. The van der Waals surface area contributed by atoms with Crippen LogP contribution < -0.4 is 9.47 Å². The van der Waals surface area contributed by atoms with Gasteiger partial charge in [0, 0.05) is 0 Å². The first kappa shape index (κ1) is 12.1. The molecule has 1 aromatic carbocycles. The van der Waals surface area contributed by atoms with Crippen LogP contribution in [0.5, 0.6) is 11.5 Å². The predicted octanol–water partition coefficient (Wildman–Crippen LogP) is 2.44. The van der Waals surface area contributed by atoms with Crippen LogP contribution in [0.3, 0.4) is 0 Å². The van der Waals surface area contributed by atoms with Crippen LogP contribution in [-0.2, 0) is 0 Å². The lowest BCUT2D eigenvalue weighted by atomic mass is 10.1. The summed E-state index contributed by atoms with van der Waals surface area (Å²) in [7, 11) is 2.89. The van der Waals surface area contributed by atoms with Crippen molar-refractivity contribution in [1.82, 2.24) is 0 Å². The van der Waals surface area contributed by atoms with Gasteiger partial charge in [0.05, 0.1) is 14.2 Å². The first-order chi connectivity index (χ1) is 7.63. The molecule has 1 rings (SSSR count). The van der Waals surface area contributed by atoms with Crippen LogP contribution in [0.15, 0.2) is 18.2 Å². The van der Waals surface area contributed by atoms with Crippen LogP contribution in [-0.4, -0.2) is 25.3 Å². The topological polar surface area (TPSA) is 55.8 Å². The number of benzene rings is 1. The molecule has 0 aromatic heterocycles. The lowest BCUT2D eigenvalue weighted by Gasteiger charge is -2.11. The molecule has 4 heteroatoms. The molecule has 0 unspecified atom stereocenters. The lowest BCUT2D eigenvalue weighted by Crippen LogP contribution is -2.03. The molecule has 0 atom stereocenters. The molecule has 0 amide bonds. The van der Waals surface area contributed by atoms with Gasteiger partial charge in [0.15, 0.2) is 11.5 Å². The molecule has 0 heterocycles. The molecule has 1 aromatic rings. The van der Waals surface area contributed by atoms with Crippen molar-refractivity contribution in [2.75, 3.05) is 14.2 Å². The molecular weight excluding hydrogens is 208 g/mol. The van der Waals surface area contributed by atoms with Gasteiger partial charge in [-0.1, -0.05) is 12.2 Å². The Kier molecular flexibility index (Phi) is 3.94. The van der Waals surface area contributed by atoms with E-state index in [-0.39, 0.29) is 11.3 Å². The van der Waals surface area contributed by atoms with Gasteiger partial charge < -0.3 is 14.6 Å². The van der Waals surface area contributed by atoms with Crippen LogP contribution in [0.1, 0.15) is 22.8 Å². The summed E-state index contributed by atoms with van der Waals surface area (Å²) in [6.07, 6.45) is 3.63. The number of aromatic carboxylic acids is 1. The molecule has 86 valence electrons. The maximum Gasteiger partial charge on any atom is 0.339 e. The van der Waals surface area contributed by atoms with Crippen LogP contribution >= 0.6 is 0 Å². The largest absolute Gasteiger partial charge is 0.493 e. The molecule has 0 saturated heterocycles. The minimum Gasteiger partial charge on any atom is -0.493 e. The van der Waals surface area contributed by atoms with E-state index in [4.69, 9.17) is 14.6 Å². The summed E-state index contributed by atoms with van der Waals surface area (Å²) >= 11 is 0. The SMILES string of the molecule is C/C=C/c1cc(OC)c(OC)c(C(=O)O)c1. The highest BCUT2D eigenvalue weighted by atomic mass is 16.5. The Bertz CT molecular complexity index is 421. The van der Waals surface area contributed by atoms with Crippen LogP contribution in [0, 0.1) is 0 Å². The Labute approximate surface area is 94.1 Å². The summed E-state index contributed by atoms with van der Waals surface area (Å²) < 4.78 is 10.1. The third-order valence-electron chi connectivity index (χ3n) is 2.09. The van der Waals surface area contributed by atoms with Crippen molar-refractivity contribution in [1.29, 1.82) is 0 Å². The minimum atomic E-state index is -1.04. The number of ether oxygens (including phenoxy) is 2. The van der Waals surface area contributed by atoms with E-state index in [0.29, 0.717) is 5.75 Å². The van der Waals surface area contributed by atoms with Crippen molar-refractivity contribution in [3.63, 3.8) is 0 Å². The molecule has 0 bridgehead atoms. The fourth-order valence-electron chi connectivity index (χ4n) is 1.43. The van der Waals surface area contributed by atoms with E-state index >= 15 is 0 Å². The zero-order valence-electron chi connectivity index (χ0n) is 9.48. The molecular formula is C12H14O4. The first-order valence-electron chi connectivity index (χ1n) is 4.76. The molecule has 1 N–H and O–H groups in total. The van der Waals surface area contributed by atoms with Gasteiger partial charge in [-0.15, -0.1) is 0 Å². The summed E-state index contributed by atoms with van der Waals surface area (Å²) in [6.45, 7) is 1.86. The van der Waals surface area contributed by atoms with E-state index in [1.165, 1.54) is 14.2 Å². The second kappa shape index (κ2) is 5.21. The average molecular weight is 222 g/mol. The van der Waals surface area contributed by atoms with Gasteiger partial charge in [0.2, 0.25) is 0 Å². The number of methoxy groups -OCH3 is 2. The highest BCUT2D eigenvalue weighted by Crippen LogP contribution is 2.33. The average Bonchev–Trinajstić information content (AvgIpc) is 2.28. The number of hydrogen-bond acceptors (Lipinski definition) is 3. The molecule has 4 nitrogen and oxygen atoms in total. The molecule has 0 saturated carbocycles. The van der Waals surface area contributed by atoms with E-state index in [1.807, 2.05) is 13.0 Å². The van der Waals surface area contributed by atoms with Crippen molar-refractivity contribution >= 4 is 12.0 Å². The summed E-state index contributed by atoms with van der Waals surface area (Å²) in [5, 5.41) is 9.05. The molecule has 16 heavy (non-hydrogen) atoms. The highest BCUT2D eigenvalue weighted by molar-refractivity contribution is 5.93. The standard InChI is InChI=1S/C12H14O4/c1-4-5-8-6-9(12(13)14)11(16-3)10(7-8)15-2/h4-7H,1-3H3,(H,13,14)/b5-4+. The normalized spacial score (nSPS) is 10.4. The first-order valence-corrected chi connectivity index (χ1v) is 4.76. The van der Waals surface area contributed by atoms with Crippen LogP contribution in [0.4, 0.5) is 0 Å². The summed E-state index contributed by atoms with van der Waals surface area (Å²) in [4.78, 5) is 11.0. The quantitative estimate of drug-likeness (QED) is 0.850. The number of hydrogen-bond donors (Lipinski definition) is 1. The van der Waals surface area contributed by atoms with E-state index in [1.54, 1.807) is 18.2 Å². The Morgan fingerprint density at radius 1 is 1.31 bits per heavy atom. The fourth-order valence-corrected chi connectivity index (χ4v) is 1.43. The van der Waals surface area contributed by atoms with Crippen molar-refractivity contribution in [3.8, 4) is 11.5 Å². The Hall–Kier alpha value is -1.97.